The van der Waals surface area contributed by atoms with Crippen LogP contribution >= 0.6 is 23.2 Å². The summed E-state index contributed by atoms with van der Waals surface area (Å²) in [6.45, 7) is 3.62. The monoisotopic (exact) mass is 297 g/mol. The third kappa shape index (κ3) is 3.56. The number of aromatic nitrogens is 2. The molecule has 0 radical (unpaired) electrons. The number of nitrogens with zero attached hydrogens (tertiary/aromatic N) is 2. The summed E-state index contributed by atoms with van der Waals surface area (Å²) in [7, 11) is 0. The van der Waals surface area contributed by atoms with Gasteiger partial charge in [0.25, 0.3) is 0 Å². The second-order valence-corrected chi connectivity index (χ2v) is 4.92. The highest BCUT2D eigenvalue weighted by Gasteiger charge is 2.13. The number of nitrogens with two attached hydrogens (primary N) is 1. The average Bonchev–Trinajstić information content (AvgIpc) is 2.83. The predicted octanol–water partition coefficient (Wildman–Crippen LogP) is 3.54. The molecule has 2 rings (SSSR count). The third-order valence-electron chi connectivity index (χ3n) is 2.57. The van der Waals surface area contributed by atoms with E-state index < -0.39 is 0 Å². The highest BCUT2D eigenvalue weighted by Crippen LogP contribution is 2.23. The summed E-state index contributed by atoms with van der Waals surface area (Å²) >= 11 is 11.8. The summed E-state index contributed by atoms with van der Waals surface area (Å²) in [6.07, 6.45) is 2.82. The Balaban J connectivity index is 2.11. The molecule has 6 heteroatoms. The van der Waals surface area contributed by atoms with E-state index in [1.807, 2.05) is 6.07 Å². The summed E-state index contributed by atoms with van der Waals surface area (Å²) in [4.78, 5) is 4.25. The quantitative estimate of drug-likeness (QED) is 0.857. The Morgan fingerprint density at radius 2 is 2.16 bits per heavy atom. The molecule has 0 saturated heterocycles. The standard InChI is InChI=1S/C13H13Cl2N3O/c1-2-3-11(16)13-17-12(18-19-13)7-8-4-5-9(14)10(15)6-8/h2,4-6,11H,1,3,7,16H2. The first-order valence-electron chi connectivity index (χ1n) is 5.73. The second-order valence-electron chi connectivity index (χ2n) is 4.10. The van der Waals surface area contributed by atoms with E-state index in [1.165, 1.54) is 0 Å². The number of rotatable bonds is 5. The molecule has 100 valence electrons. The normalized spacial score (nSPS) is 12.4. The maximum atomic E-state index is 5.95. The van der Waals surface area contributed by atoms with Crippen molar-refractivity contribution in [3.63, 3.8) is 0 Å². The van der Waals surface area contributed by atoms with Gasteiger partial charge in [-0.25, -0.2) is 0 Å². The van der Waals surface area contributed by atoms with Crippen LogP contribution in [0.2, 0.25) is 10.0 Å². The minimum atomic E-state index is -0.312. The van der Waals surface area contributed by atoms with Gasteiger partial charge in [0.15, 0.2) is 5.82 Å². The van der Waals surface area contributed by atoms with Crippen LogP contribution in [0.1, 0.15) is 29.7 Å². The lowest BCUT2D eigenvalue weighted by atomic mass is 10.1. The van der Waals surface area contributed by atoms with E-state index in [0.717, 1.165) is 5.56 Å². The Morgan fingerprint density at radius 3 is 2.84 bits per heavy atom. The van der Waals surface area contributed by atoms with Crippen LogP contribution in [0.3, 0.4) is 0 Å². The summed E-state index contributed by atoms with van der Waals surface area (Å²) in [5.41, 5.74) is 6.81. The second kappa shape index (κ2) is 6.19. The van der Waals surface area contributed by atoms with Gasteiger partial charge in [0, 0.05) is 6.42 Å². The van der Waals surface area contributed by atoms with Gasteiger partial charge in [0.05, 0.1) is 16.1 Å². The molecule has 2 aromatic rings. The van der Waals surface area contributed by atoms with Crippen LogP contribution in [-0.4, -0.2) is 10.1 Å². The number of halogens is 2. The lowest BCUT2D eigenvalue weighted by Crippen LogP contribution is -2.09. The molecule has 1 unspecified atom stereocenters. The summed E-state index contributed by atoms with van der Waals surface area (Å²) in [5, 5.41) is 4.92. The van der Waals surface area contributed by atoms with E-state index in [4.69, 9.17) is 33.5 Å². The van der Waals surface area contributed by atoms with Gasteiger partial charge in [-0.05, 0) is 24.1 Å². The average molecular weight is 298 g/mol. The minimum absolute atomic E-state index is 0.312. The highest BCUT2D eigenvalue weighted by atomic mass is 35.5. The molecule has 1 atom stereocenters. The van der Waals surface area contributed by atoms with Crippen molar-refractivity contribution in [1.82, 2.24) is 10.1 Å². The Bertz CT molecular complexity index is 583. The van der Waals surface area contributed by atoms with Crippen molar-refractivity contribution in [2.24, 2.45) is 5.73 Å². The Morgan fingerprint density at radius 1 is 1.37 bits per heavy atom. The molecule has 1 heterocycles. The van der Waals surface area contributed by atoms with Crippen molar-refractivity contribution in [2.45, 2.75) is 18.9 Å². The van der Waals surface area contributed by atoms with Crippen LogP contribution in [0.5, 0.6) is 0 Å². The highest BCUT2D eigenvalue weighted by molar-refractivity contribution is 6.42. The summed E-state index contributed by atoms with van der Waals surface area (Å²) < 4.78 is 5.11. The fourth-order valence-electron chi connectivity index (χ4n) is 1.60. The first-order chi connectivity index (χ1) is 9.10. The van der Waals surface area contributed by atoms with Gasteiger partial charge in [0.1, 0.15) is 0 Å². The van der Waals surface area contributed by atoms with E-state index in [0.29, 0.717) is 34.6 Å². The van der Waals surface area contributed by atoms with Gasteiger partial charge >= 0.3 is 0 Å². The largest absolute Gasteiger partial charge is 0.338 e. The molecule has 0 amide bonds. The molecule has 0 aliphatic rings. The molecule has 0 spiro atoms. The van der Waals surface area contributed by atoms with Crippen molar-refractivity contribution < 1.29 is 4.52 Å². The molecule has 19 heavy (non-hydrogen) atoms. The molecule has 0 fully saturated rings. The van der Waals surface area contributed by atoms with Gasteiger partial charge in [0.2, 0.25) is 5.89 Å². The lowest BCUT2D eigenvalue weighted by molar-refractivity contribution is 0.352. The molecule has 1 aromatic carbocycles. The van der Waals surface area contributed by atoms with E-state index >= 15 is 0 Å². The van der Waals surface area contributed by atoms with Gasteiger partial charge in [-0.1, -0.05) is 40.5 Å². The minimum Gasteiger partial charge on any atom is -0.338 e. The van der Waals surface area contributed by atoms with Crippen LogP contribution in [0.4, 0.5) is 0 Å². The zero-order chi connectivity index (χ0) is 13.8. The van der Waals surface area contributed by atoms with E-state index in [1.54, 1.807) is 18.2 Å². The van der Waals surface area contributed by atoms with Gasteiger partial charge < -0.3 is 10.3 Å². The van der Waals surface area contributed by atoms with Gasteiger partial charge in [-0.3, -0.25) is 0 Å². The Hall–Kier alpha value is -1.36. The fraction of sp³-hybridized carbons (Fsp3) is 0.231. The maximum absolute atomic E-state index is 5.95. The number of hydrogen-bond acceptors (Lipinski definition) is 4. The fourth-order valence-corrected chi connectivity index (χ4v) is 1.92. The number of hydrogen-bond donors (Lipinski definition) is 1. The maximum Gasteiger partial charge on any atom is 0.243 e. The topological polar surface area (TPSA) is 64.9 Å². The third-order valence-corrected chi connectivity index (χ3v) is 3.31. The molecule has 0 bridgehead atoms. The molecular formula is C13H13Cl2N3O. The number of benzene rings is 1. The van der Waals surface area contributed by atoms with Crippen molar-refractivity contribution in [2.75, 3.05) is 0 Å². The molecule has 1 aromatic heterocycles. The summed E-state index contributed by atoms with van der Waals surface area (Å²) in [5.74, 6) is 0.975. The van der Waals surface area contributed by atoms with E-state index in [-0.39, 0.29) is 6.04 Å². The zero-order valence-electron chi connectivity index (χ0n) is 10.1. The Labute approximate surface area is 121 Å². The first-order valence-corrected chi connectivity index (χ1v) is 6.48. The predicted molar refractivity (Wildman–Crippen MR) is 75.3 cm³/mol. The van der Waals surface area contributed by atoms with Crippen LogP contribution in [0.25, 0.3) is 0 Å². The Kier molecular flexibility index (Phi) is 4.58. The smallest absolute Gasteiger partial charge is 0.243 e. The SMILES string of the molecule is C=CCC(N)c1nc(Cc2ccc(Cl)c(Cl)c2)no1. The van der Waals surface area contributed by atoms with Crippen LogP contribution < -0.4 is 5.73 Å². The molecule has 0 aliphatic heterocycles. The van der Waals surface area contributed by atoms with Crippen molar-refractivity contribution in [1.29, 1.82) is 0 Å². The lowest BCUT2D eigenvalue weighted by Gasteiger charge is -2.01. The van der Waals surface area contributed by atoms with E-state index in [9.17, 15) is 0 Å². The van der Waals surface area contributed by atoms with Crippen LogP contribution in [0.15, 0.2) is 35.4 Å². The molecule has 4 nitrogen and oxygen atoms in total. The first kappa shape index (κ1) is 14.1. The van der Waals surface area contributed by atoms with Gasteiger partial charge in [-0.15, -0.1) is 6.58 Å². The van der Waals surface area contributed by atoms with Gasteiger partial charge in [-0.2, -0.15) is 4.98 Å². The van der Waals surface area contributed by atoms with Crippen LogP contribution in [-0.2, 0) is 6.42 Å². The van der Waals surface area contributed by atoms with Crippen LogP contribution in [0, 0.1) is 0 Å². The van der Waals surface area contributed by atoms with Crippen molar-refractivity contribution in [3.8, 4) is 0 Å². The van der Waals surface area contributed by atoms with Crippen molar-refractivity contribution in [3.05, 3.63) is 58.2 Å². The van der Waals surface area contributed by atoms with E-state index in [2.05, 4.69) is 16.7 Å². The van der Waals surface area contributed by atoms with Crippen molar-refractivity contribution >= 4 is 23.2 Å². The molecule has 0 saturated carbocycles. The molecule has 2 N–H and O–H groups in total. The summed E-state index contributed by atoms with van der Waals surface area (Å²) in [6, 6.07) is 5.08. The molecular weight excluding hydrogens is 285 g/mol. The molecule has 0 aliphatic carbocycles. The zero-order valence-corrected chi connectivity index (χ0v) is 11.7.